The number of anilines is 2. The van der Waals surface area contributed by atoms with Gasteiger partial charge in [-0.1, -0.05) is 6.92 Å². The molecule has 114 valence electrons. The lowest BCUT2D eigenvalue weighted by molar-refractivity contribution is -0.123. The second kappa shape index (κ2) is 6.06. The van der Waals surface area contributed by atoms with Crippen LogP contribution in [-0.2, 0) is 9.53 Å². The quantitative estimate of drug-likeness (QED) is 0.836. The number of ketones is 1. The standard InChI is InChI=1S/C17H24N2O2/c1-13-14(2)19(8-7-17(13)20)16-5-3-15(4-6-16)18-9-11-21-12-10-18/h3-6,13-14H,7-12H2,1-2H3. The molecular weight excluding hydrogens is 264 g/mol. The third kappa shape index (κ3) is 2.91. The largest absolute Gasteiger partial charge is 0.378 e. The van der Waals surface area contributed by atoms with E-state index < -0.39 is 0 Å². The van der Waals surface area contributed by atoms with Crippen LogP contribution < -0.4 is 9.80 Å². The predicted molar refractivity (Wildman–Crippen MR) is 85.1 cm³/mol. The molecule has 2 saturated heterocycles. The fourth-order valence-corrected chi connectivity index (χ4v) is 3.24. The van der Waals surface area contributed by atoms with Crippen molar-refractivity contribution in [3.05, 3.63) is 24.3 Å². The van der Waals surface area contributed by atoms with Gasteiger partial charge in [0.2, 0.25) is 0 Å². The summed E-state index contributed by atoms with van der Waals surface area (Å²) in [5.41, 5.74) is 2.48. The lowest BCUT2D eigenvalue weighted by Crippen LogP contribution is -2.47. The van der Waals surface area contributed by atoms with Crippen LogP contribution in [0.2, 0.25) is 0 Å². The van der Waals surface area contributed by atoms with Crippen molar-refractivity contribution in [1.29, 1.82) is 0 Å². The molecule has 0 N–H and O–H groups in total. The number of nitrogens with zero attached hydrogens (tertiary/aromatic N) is 2. The molecule has 0 amide bonds. The number of rotatable bonds is 2. The highest BCUT2D eigenvalue weighted by molar-refractivity contribution is 5.84. The molecule has 2 fully saturated rings. The molecule has 0 bridgehead atoms. The average Bonchev–Trinajstić information content (AvgIpc) is 2.54. The number of carbonyl (C=O) groups excluding carboxylic acids is 1. The zero-order chi connectivity index (χ0) is 14.8. The minimum absolute atomic E-state index is 0.123. The van der Waals surface area contributed by atoms with Crippen molar-refractivity contribution in [1.82, 2.24) is 0 Å². The molecule has 0 aliphatic carbocycles. The van der Waals surface area contributed by atoms with E-state index in [1.54, 1.807) is 0 Å². The molecule has 2 heterocycles. The Kier molecular flexibility index (Phi) is 4.15. The summed E-state index contributed by atoms with van der Waals surface area (Å²) >= 11 is 0. The van der Waals surface area contributed by atoms with Crippen molar-refractivity contribution in [2.75, 3.05) is 42.6 Å². The predicted octanol–water partition coefficient (Wildman–Crippen LogP) is 2.33. The van der Waals surface area contributed by atoms with Crippen molar-refractivity contribution in [2.45, 2.75) is 26.3 Å². The molecule has 21 heavy (non-hydrogen) atoms. The van der Waals surface area contributed by atoms with Gasteiger partial charge in [0.25, 0.3) is 0 Å². The molecule has 2 atom stereocenters. The molecule has 2 aliphatic heterocycles. The van der Waals surface area contributed by atoms with Crippen LogP contribution in [0.3, 0.4) is 0 Å². The van der Waals surface area contributed by atoms with Gasteiger partial charge in [0.1, 0.15) is 5.78 Å². The Bertz CT molecular complexity index is 494. The molecule has 0 spiro atoms. The molecule has 3 rings (SSSR count). The molecule has 2 unspecified atom stereocenters. The van der Waals surface area contributed by atoms with Gasteiger partial charge in [-0.2, -0.15) is 0 Å². The Balaban J connectivity index is 1.73. The minimum atomic E-state index is 0.123. The Morgan fingerprint density at radius 3 is 2.29 bits per heavy atom. The highest BCUT2D eigenvalue weighted by Crippen LogP contribution is 2.28. The van der Waals surface area contributed by atoms with E-state index in [9.17, 15) is 4.79 Å². The van der Waals surface area contributed by atoms with E-state index in [1.165, 1.54) is 11.4 Å². The molecule has 0 radical (unpaired) electrons. The maximum Gasteiger partial charge on any atom is 0.139 e. The summed E-state index contributed by atoms with van der Waals surface area (Å²) in [6.45, 7) is 8.57. The second-order valence-electron chi connectivity index (χ2n) is 6.05. The number of morpholine rings is 1. The smallest absolute Gasteiger partial charge is 0.139 e. The summed E-state index contributed by atoms with van der Waals surface area (Å²) in [4.78, 5) is 16.5. The molecular formula is C17H24N2O2. The Morgan fingerprint density at radius 2 is 1.62 bits per heavy atom. The van der Waals surface area contributed by atoms with Gasteiger partial charge in [-0.25, -0.2) is 0 Å². The van der Waals surface area contributed by atoms with E-state index >= 15 is 0 Å². The van der Waals surface area contributed by atoms with Gasteiger partial charge in [0.15, 0.2) is 0 Å². The highest BCUT2D eigenvalue weighted by Gasteiger charge is 2.30. The fraction of sp³-hybridized carbons (Fsp3) is 0.588. The van der Waals surface area contributed by atoms with Crippen LogP contribution in [0.5, 0.6) is 0 Å². The first kappa shape index (κ1) is 14.4. The number of carbonyl (C=O) groups is 1. The molecule has 0 aromatic heterocycles. The number of benzene rings is 1. The third-order valence-corrected chi connectivity index (χ3v) is 4.88. The van der Waals surface area contributed by atoms with E-state index in [0.29, 0.717) is 12.2 Å². The fourth-order valence-electron chi connectivity index (χ4n) is 3.24. The zero-order valence-electron chi connectivity index (χ0n) is 12.9. The maximum absolute atomic E-state index is 11.8. The normalized spacial score (nSPS) is 27.0. The first-order valence-corrected chi connectivity index (χ1v) is 7.89. The van der Waals surface area contributed by atoms with Gasteiger partial charge in [0, 0.05) is 49.4 Å². The summed E-state index contributed by atoms with van der Waals surface area (Å²) in [6.07, 6.45) is 0.663. The van der Waals surface area contributed by atoms with Crippen LogP contribution in [0.4, 0.5) is 11.4 Å². The monoisotopic (exact) mass is 288 g/mol. The Morgan fingerprint density at radius 1 is 1.00 bits per heavy atom. The maximum atomic E-state index is 11.8. The van der Waals surface area contributed by atoms with Crippen LogP contribution >= 0.6 is 0 Å². The Labute approximate surface area is 126 Å². The van der Waals surface area contributed by atoms with Crippen molar-refractivity contribution in [3.8, 4) is 0 Å². The first-order chi connectivity index (χ1) is 10.2. The summed E-state index contributed by atoms with van der Waals surface area (Å²) in [5.74, 6) is 0.515. The number of hydrogen-bond donors (Lipinski definition) is 0. The van der Waals surface area contributed by atoms with E-state index in [0.717, 1.165) is 32.8 Å². The zero-order valence-corrected chi connectivity index (χ0v) is 12.9. The average molecular weight is 288 g/mol. The van der Waals surface area contributed by atoms with Crippen LogP contribution in [0.15, 0.2) is 24.3 Å². The van der Waals surface area contributed by atoms with E-state index in [4.69, 9.17) is 4.74 Å². The van der Waals surface area contributed by atoms with Crippen LogP contribution in [0.1, 0.15) is 20.3 Å². The van der Waals surface area contributed by atoms with Gasteiger partial charge in [-0.15, -0.1) is 0 Å². The molecule has 1 aromatic rings. The number of Topliss-reactive ketones (excluding diaryl/α,β-unsaturated/α-hetero) is 1. The van der Waals surface area contributed by atoms with Crippen LogP contribution in [-0.4, -0.2) is 44.7 Å². The van der Waals surface area contributed by atoms with E-state index in [-0.39, 0.29) is 12.0 Å². The van der Waals surface area contributed by atoms with Crippen molar-refractivity contribution < 1.29 is 9.53 Å². The summed E-state index contributed by atoms with van der Waals surface area (Å²) < 4.78 is 5.39. The number of ether oxygens (including phenoxy) is 1. The number of hydrogen-bond acceptors (Lipinski definition) is 4. The number of piperidine rings is 1. The van der Waals surface area contributed by atoms with Crippen molar-refractivity contribution in [2.24, 2.45) is 5.92 Å². The minimum Gasteiger partial charge on any atom is -0.378 e. The van der Waals surface area contributed by atoms with Gasteiger partial charge < -0.3 is 14.5 Å². The summed E-state index contributed by atoms with van der Waals surface area (Å²) in [7, 11) is 0. The molecule has 0 saturated carbocycles. The SMILES string of the molecule is CC1C(=O)CCN(c2ccc(N3CCOCC3)cc2)C1C. The Hall–Kier alpha value is -1.55. The lowest BCUT2D eigenvalue weighted by Gasteiger charge is -2.39. The second-order valence-corrected chi connectivity index (χ2v) is 6.05. The summed E-state index contributed by atoms with van der Waals surface area (Å²) in [5, 5.41) is 0. The van der Waals surface area contributed by atoms with Gasteiger partial charge in [0.05, 0.1) is 13.2 Å². The topological polar surface area (TPSA) is 32.8 Å². The molecule has 4 nitrogen and oxygen atoms in total. The van der Waals surface area contributed by atoms with E-state index in [2.05, 4.69) is 41.0 Å². The van der Waals surface area contributed by atoms with E-state index in [1.807, 2.05) is 6.92 Å². The van der Waals surface area contributed by atoms with Crippen molar-refractivity contribution in [3.63, 3.8) is 0 Å². The van der Waals surface area contributed by atoms with Gasteiger partial charge >= 0.3 is 0 Å². The van der Waals surface area contributed by atoms with Crippen LogP contribution in [0.25, 0.3) is 0 Å². The van der Waals surface area contributed by atoms with Crippen LogP contribution in [0, 0.1) is 5.92 Å². The lowest BCUT2D eigenvalue weighted by atomic mass is 9.90. The van der Waals surface area contributed by atoms with Gasteiger partial charge in [-0.05, 0) is 31.2 Å². The molecule has 1 aromatic carbocycles. The summed E-state index contributed by atoms with van der Waals surface area (Å²) in [6, 6.07) is 9.02. The molecule has 4 heteroatoms. The first-order valence-electron chi connectivity index (χ1n) is 7.89. The highest BCUT2D eigenvalue weighted by atomic mass is 16.5. The van der Waals surface area contributed by atoms with Crippen molar-refractivity contribution >= 4 is 17.2 Å². The third-order valence-electron chi connectivity index (χ3n) is 4.88. The molecule has 2 aliphatic rings. The van der Waals surface area contributed by atoms with Gasteiger partial charge in [-0.3, -0.25) is 4.79 Å².